The molecule has 1 saturated carbocycles. The molecule has 2 heterocycles. The molecule has 0 aliphatic heterocycles. The van der Waals surface area contributed by atoms with Crippen LogP contribution in [0.25, 0.3) is 22.3 Å². The third-order valence-electron chi connectivity index (χ3n) is 5.36. The second-order valence-corrected chi connectivity index (χ2v) is 9.78. The Morgan fingerprint density at radius 1 is 1.09 bits per heavy atom. The van der Waals surface area contributed by atoms with E-state index in [1.807, 2.05) is 55.5 Å². The van der Waals surface area contributed by atoms with E-state index in [0.29, 0.717) is 11.8 Å². The van der Waals surface area contributed by atoms with Gasteiger partial charge in [0.2, 0.25) is 16.0 Å². The van der Waals surface area contributed by atoms with E-state index < -0.39 is 10.0 Å². The molecule has 5 rings (SSSR count). The topological polar surface area (TPSA) is 125 Å². The van der Waals surface area contributed by atoms with E-state index in [1.54, 1.807) is 6.33 Å². The molecule has 4 N–H and O–H groups in total. The smallest absolute Gasteiger partial charge is 0.229 e. The summed E-state index contributed by atoms with van der Waals surface area (Å²) in [5.74, 6) is 0.961. The Kier molecular flexibility index (Phi) is 5.24. The number of H-pyrrole nitrogens is 1. The van der Waals surface area contributed by atoms with Crippen molar-refractivity contribution in [1.82, 2.24) is 24.7 Å². The number of aromatic amines is 1. The van der Waals surface area contributed by atoms with Gasteiger partial charge >= 0.3 is 0 Å². The van der Waals surface area contributed by atoms with Crippen molar-refractivity contribution >= 4 is 38.5 Å². The minimum atomic E-state index is -3.29. The summed E-state index contributed by atoms with van der Waals surface area (Å²) in [4.78, 5) is 16.7. The zero-order valence-electron chi connectivity index (χ0n) is 17.5. The van der Waals surface area contributed by atoms with Crippen LogP contribution in [0.2, 0.25) is 0 Å². The van der Waals surface area contributed by atoms with Crippen LogP contribution in [0, 0.1) is 6.92 Å². The summed E-state index contributed by atoms with van der Waals surface area (Å²) in [6, 6.07) is 15.6. The van der Waals surface area contributed by atoms with E-state index >= 15 is 0 Å². The van der Waals surface area contributed by atoms with Gasteiger partial charge in [-0.05, 0) is 38.0 Å². The van der Waals surface area contributed by atoms with Crippen LogP contribution in [-0.2, 0) is 10.0 Å². The lowest BCUT2D eigenvalue weighted by molar-refractivity contribution is 0.583. The number of nitrogens with zero attached hydrogens (tertiary/aromatic N) is 3. The van der Waals surface area contributed by atoms with Crippen molar-refractivity contribution in [1.29, 1.82) is 0 Å². The minimum Gasteiger partial charge on any atom is -0.356 e. The van der Waals surface area contributed by atoms with Gasteiger partial charge in [-0.1, -0.05) is 30.3 Å². The van der Waals surface area contributed by atoms with E-state index in [-0.39, 0.29) is 11.9 Å². The average molecular weight is 450 g/mol. The Morgan fingerprint density at radius 3 is 2.69 bits per heavy atom. The first-order valence-corrected chi connectivity index (χ1v) is 11.9. The Hall–Kier alpha value is -3.50. The summed E-state index contributed by atoms with van der Waals surface area (Å²) in [6.07, 6.45) is 3.08. The molecule has 1 aliphatic carbocycles. The van der Waals surface area contributed by atoms with Crippen molar-refractivity contribution < 1.29 is 8.42 Å². The summed E-state index contributed by atoms with van der Waals surface area (Å²) < 4.78 is 26.9. The molecule has 10 heteroatoms. The Labute approximate surface area is 185 Å². The summed E-state index contributed by atoms with van der Waals surface area (Å²) in [5.41, 5.74) is 5.12. The molecule has 0 saturated heterocycles. The van der Waals surface area contributed by atoms with E-state index in [4.69, 9.17) is 4.98 Å². The highest BCUT2D eigenvalue weighted by molar-refractivity contribution is 7.90. The van der Waals surface area contributed by atoms with Crippen LogP contribution in [0.3, 0.4) is 0 Å². The molecule has 0 bridgehead atoms. The number of sulfonamides is 1. The van der Waals surface area contributed by atoms with Gasteiger partial charge in [0.1, 0.15) is 5.82 Å². The first-order chi connectivity index (χ1) is 15.5. The van der Waals surface area contributed by atoms with E-state index in [2.05, 4.69) is 30.3 Å². The maximum absolute atomic E-state index is 12.1. The molecule has 2 aromatic carbocycles. The summed E-state index contributed by atoms with van der Waals surface area (Å²) in [7, 11) is -3.29. The number of nitrogens with one attached hydrogen (secondary N) is 4. The van der Waals surface area contributed by atoms with Gasteiger partial charge in [0.25, 0.3) is 0 Å². The minimum absolute atomic E-state index is 0.0600. The molecule has 0 amide bonds. The van der Waals surface area contributed by atoms with Gasteiger partial charge in [-0.15, -0.1) is 0 Å². The molecular formula is C22H23N7O2S. The fourth-order valence-corrected chi connectivity index (χ4v) is 4.75. The lowest BCUT2D eigenvalue weighted by atomic mass is 10.1. The van der Waals surface area contributed by atoms with Crippen LogP contribution in [0.1, 0.15) is 18.4 Å². The van der Waals surface area contributed by atoms with Gasteiger partial charge in [0.05, 0.1) is 35.0 Å². The second-order valence-electron chi connectivity index (χ2n) is 7.74. The Morgan fingerprint density at radius 2 is 1.91 bits per heavy atom. The number of benzene rings is 2. The van der Waals surface area contributed by atoms with Gasteiger partial charge in [-0.3, -0.25) is 0 Å². The molecule has 0 radical (unpaired) electrons. The number of hydrogen-bond donors (Lipinski definition) is 4. The monoisotopic (exact) mass is 449 g/mol. The zero-order valence-corrected chi connectivity index (χ0v) is 18.3. The summed E-state index contributed by atoms with van der Waals surface area (Å²) in [6.45, 7) is 1.98. The number of fused-ring (bicyclic) bond motifs is 1. The second kappa shape index (κ2) is 8.21. The fourth-order valence-electron chi connectivity index (χ4n) is 3.48. The van der Waals surface area contributed by atoms with Crippen molar-refractivity contribution in [3.63, 3.8) is 0 Å². The first-order valence-electron chi connectivity index (χ1n) is 10.4. The Bertz CT molecular complexity index is 1370. The standard InChI is InChI=1S/C22H23N7O2S/c1-14-20(15-5-3-2-4-6-15)28-22(27-16-7-10-18-19(11-16)24-12-23-18)29-21(14)25-13-26-32(30,31)17-8-9-17/h2-7,10-12,17,26H,8-9,13H2,1H3,(H,23,24)(H2,25,27,28,29). The number of rotatable bonds is 8. The highest BCUT2D eigenvalue weighted by Gasteiger charge is 2.35. The molecule has 0 spiro atoms. The maximum Gasteiger partial charge on any atom is 0.229 e. The van der Waals surface area contributed by atoms with Gasteiger partial charge in [-0.25, -0.2) is 18.4 Å². The first kappa shape index (κ1) is 20.4. The fraction of sp³-hybridized carbons (Fsp3) is 0.227. The van der Waals surface area contributed by atoms with Crippen LogP contribution in [-0.4, -0.2) is 40.3 Å². The Balaban J connectivity index is 1.45. The molecule has 32 heavy (non-hydrogen) atoms. The highest BCUT2D eigenvalue weighted by atomic mass is 32.2. The summed E-state index contributed by atoms with van der Waals surface area (Å²) in [5, 5.41) is 6.09. The van der Waals surface area contributed by atoms with Gasteiger partial charge < -0.3 is 15.6 Å². The van der Waals surface area contributed by atoms with Crippen LogP contribution < -0.4 is 15.4 Å². The van der Waals surface area contributed by atoms with Crippen molar-refractivity contribution in [2.45, 2.75) is 25.0 Å². The predicted octanol–water partition coefficient (Wildman–Crippen LogP) is 3.52. The predicted molar refractivity (Wildman–Crippen MR) is 125 cm³/mol. The third-order valence-corrected chi connectivity index (χ3v) is 7.26. The summed E-state index contributed by atoms with van der Waals surface area (Å²) >= 11 is 0. The van der Waals surface area contributed by atoms with E-state index in [1.165, 1.54) is 0 Å². The molecule has 1 fully saturated rings. The van der Waals surface area contributed by atoms with Crippen molar-refractivity contribution in [2.24, 2.45) is 0 Å². The van der Waals surface area contributed by atoms with Crippen molar-refractivity contribution in [3.8, 4) is 11.3 Å². The molecule has 164 valence electrons. The van der Waals surface area contributed by atoms with Gasteiger partial charge in [0.15, 0.2) is 0 Å². The van der Waals surface area contributed by atoms with Crippen LogP contribution >= 0.6 is 0 Å². The van der Waals surface area contributed by atoms with Crippen molar-refractivity contribution in [3.05, 3.63) is 60.4 Å². The van der Waals surface area contributed by atoms with Crippen molar-refractivity contribution in [2.75, 3.05) is 17.3 Å². The largest absolute Gasteiger partial charge is 0.356 e. The normalized spacial score (nSPS) is 13.9. The molecule has 9 nitrogen and oxygen atoms in total. The maximum atomic E-state index is 12.1. The average Bonchev–Trinajstić information content (AvgIpc) is 3.56. The quantitative estimate of drug-likeness (QED) is 0.303. The number of aromatic nitrogens is 4. The molecule has 1 aliphatic rings. The van der Waals surface area contributed by atoms with E-state index in [9.17, 15) is 8.42 Å². The lowest BCUT2D eigenvalue weighted by Crippen LogP contribution is -2.32. The number of imidazole rings is 1. The highest BCUT2D eigenvalue weighted by Crippen LogP contribution is 2.29. The van der Waals surface area contributed by atoms with Crippen LogP contribution in [0.4, 0.5) is 17.5 Å². The van der Waals surface area contributed by atoms with Crippen LogP contribution in [0.15, 0.2) is 54.9 Å². The lowest BCUT2D eigenvalue weighted by Gasteiger charge is -2.15. The molecule has 0 unspecified atom stereocenters. The van der Waals surface area contributed by atoms with Gasteiger partial charge in [-0.2, -0.15) is 9.71 Å². The molecule has 4 aromatic rings. The number of anilines is 3. The SMILES string of the molecule is Cc1c(NCNS(=O)(=O)C2CC2)nc(Nc2ccc3nc[nH]c3c2)nc1-c1ccccc1. The zero-order chi connectivity index (χ0) is 22.1. The molecular weight excluding hydrogens is 426 g/mol. The van der Waals surface area contributed by atoms with Crippen LogP contribution in [0.5, 0.6) is 0 Å². The van der Waals surface area contributed by atoms with Gasteiger partial charge in [0, 0.05) is 16.8 Å². The third kappa shape index (κ3) is 4.27. The molecule has 2 aromatic heterocycles. The molecule has 0 atom stereocenters. The van der Waals surface area contributed by atoms with E-state index in [0.717, 1.165) is 46.4 Å². The number of hydrogen-bond acceptors (Lipinski definition) is 7.